The number of carbonyl (C=O) groups is 1. The topological polar surface area (TPSA) is 76.1 Å². The maximum atomic E-state index is 11.7. The molecule has 0 radical (unpaired) electrons. The van der Waals surface area contributed by atoms with Gasteiger partial charge in [0.05, 0.1) is 12.6 Å². The van der Waals surface area contributed by atoms with Gasteiger partial charge in [0.15, 0.2) is 11.1 Å². The van der Waals surface area contributed by atoms with Gasteiger partial charge >= 0.3 is 6.09 Å². The van der Waals surface area contributed by atoms with Crippen LogP contribution in [-0.4, -0.2) is 50.5 Å². The highest BCUT2D eigenvalue weighted by atomic mass is 32.2. The molecular weight excluding hydrogens is 246 g/mol. The van der Waals surface area contributed by atoms with E-state index in [1.54, 1.807) is 4.90 Å². The summed E-state index contributed by atoms with van der Waals surface area (Å²) in [5, 5.41) is 0. The van der Waals surface area contributed by atoms with Crippen molar-refractivity contribution in [3.63, 3.8) is 0 Å². The summed E-state index contributed by atoms with van der Waals surface area (Å²) in [6, 6.07) is 0. The quantitative estimate of drug-likeness (QED) is 0.776. The third-order valence-electron chi connectivity index (χ3n) is 2.20. The molecule has 100 valence electrons. The molecule has 6 nitrogen and oxygen atoms in total. The fourth-order valence-electron chi connectivity index (χ4n) is 1.51. The molecule has 1 heterocycles. The molecule has 1 saturated heterocycles. The zero-order chi connectivity index (χ0) is 13.1. The van der Waals surface area contributed by atoms with Crippen molar-refractivity contribution in [1.82, 2.24) is 4.90 Å². The molecule has 0 spiro atoms. The zero-order valence-corrected chi connectivity index (χ0v) is 11.2. The molecule has 2 atom stereocenters. The Kier molecular flexibility index (Phi) is 4.91. The zero-order valence-electron chi connectivity index (χ0n) is 10.3. The van der Waals surface area contributed by atoms with E-state index in [1.807, 2.05) is 20.8 Å². The largest absolute Gasteiger partial charge is 0.444 e. The third-order valence-corrected chi connectivity index (χ3v) is 2.54. The Morgan fingerprint density at radius 1 is 1.53 bits per heavy atom. The minimum absolute atomic E-state index is 0.182. The second-order valence-corrected chi connectivity index (χ2v) is 5.82. The first-order valence-electron chi connectivity index (χ1n) is 5.45. The fourth-order valence-corrected chi connectivity index (χ4v) is 1.82. The molecule has 0 aromatic heterocycles. The lowest BCUT2D eigenvalue weighted by atomic mass is 10.2. The fraction of sp³-hybridized carbons (Fsp3) is 0.900. The Hall–Kier alpha value is -0.660. The molecule has 0 saturated carbocycles. The second-order valence-electron chi connectivity index (χ2n) is 4.94. The second kappa shape index (κ2) is 5.79. The summed E-state index contributed by atoms with van der Waals surface area (Å²) >= 11 is -1.96. The molecule has 1 aliphatic rings. The normalized spacial score (nSPS) is 22.6. The summed E-state index contributed by atoms with van der Waals surface area (Å²) in [6.07, 6.45) is 0.114. The van der Waals surface area contributed by atoms with Gasteiger partial charge in [0, 0.05) is 6.54 Å². The summed E-state index contributed by atoms with van der Waals surface area (Å²) in [4.78, 5) is 13.2. The molecule has 7 heteroatoms. The van der Waals surface area contributed by atoms with Gasteiger partial charge in [0.1, 0.15) is 11.5 Å². The van der Waals surface area contributed by atoms with Gasteiger partial charge in [-0.05, 0) is 27.2 Å². The van der Waals surface area contributed by atoms with E-state index in [4.69, 9.17) is 14.0 Å². The minimum atomic E-state index is -1.96. The van der Waals surface area contributed by atoms with E-state index in [0.29, 0.717) is 19.5 Å². The Balaban J connectivity index is 2.34. The maximum absolute atomic E-state index is 11.7. The highest BCUT2D eigenvalue weighted by Gasteiger charge is 2.30. The number of amides is 1. The molecule has 2 unspecified atom stereocenters. The van der Waals surface area contributed by atoms with Gasteiger partial charge in [-0.1, -0.05) is 0 Å². The first kappa shape index (κ1) is 14.4. The van der Waals surface area contributed by atoms with Crippen molar-refractivity contribution in [2.24, 2.45) is 0 Å². The molecule has 0 bridgehead atoms. The first-order valence-corrected chi connectivity index (χ1v) is 6.72. The molecule has 1 fully saturated rings. The van der Waals surface area contributed by atoms with Crippen LogP contribution in [0.15, 0.2) is 0 Å². The van der Waals surface area contributed by atoms with Crippen molar-refractivity contribution in [3.05, 3.63) is 0 Å². The Bertz CT molecular complexity index is 302. The Labute approximate surface area is 104 Å². The van der Waals surface area contributed by atoms with Crippen molar-refractivity contribution in [2.45, 2.75) is 38.9 Å². The van der Waals surface area contributed by atoms with E-state index >= 15 is 0 Å². The van der Waals surface area contributed by atoms with E-state index in [0.717, 1.165) is 0 Å². The molecule has 17 heavy (non-hydrogen) atoms. The van der Waals surface area contributed by atoms with Gasteiger partial charge < -0.3 is 18.9 Å². The van der Waals surface area contributed by atoms with Crippen LogP contribution in [0.3, 0.4) is 0 Å². The standard InChI is InChI=1S/C10H19NO5S/c1-10(2,3)16-9(12)11-5-4-8(6-11)15-7-17(13)14/h8H,4-7H2,1-3H3,(H,13,14). The molecule has 1 aliphatic heterocycles. The average Bonchev–Trinajstić information content (AvgIpc) is 2.60. The van der Waals surface area contributed by atoms with E-state index < -0.39 is 16.7 Å². The van der Waals surface area contributed by atoms with Crippen molar-refractivity contribution >= 4 is 17.2 Å². The van der Waals surface area contributed by atoms with Crippen molar-refractivity contribution in [1.29, 1.82) is 0 Å². The number of nitrogens with zero attached hydrogens (tertiary/aromatic N) is 1. The van der Waals surface area contributed by atoms with Gasteiger partial charge in [-0.15, -0.1) is 0 Å². The number of hydrogen-bond acceptors (Lipinski definition) is 4. The molecule has 0 aromatic rings. The van der Waals surface area contributed by atoms with Crippen LogP contribution in [-0.2, 0) is 20.6 Å². The molecule has 1 amide bonds. The van der Waals surface area contributed by atoms with E-state index in [-0.39, 0.29) is 18.1 Å². The van der Waals surface area contributed by atoms with Crippen LogP contribution >= 0.6 is 0 Å². The summed E-state index contributed by atoms with van der Waals surface area (Å²) in [7, 11) is 0. The third kappa shape index (κ3) is 5.47. The Morgan fingerprint density at radius 2 is 2.18 bits per heavy atom. The summed E-state index contributed by atoms with van der Waals surface area (Å²) < 4.78 is 29.4. The Morgan fingerprint density at radius 3 is 2.71 bits per heavy atom. The van der Waals surface area contributed by atoms with Gasteiger partial charge in [0.25, 0.3) is 0 Å². The summed E-state index contributed by atoms with van der Waals surface area (Å²) in [6.45, 7) is 6.39. The first-order chi connectivity index (χ1) is 7.78. The van der Waals surface area contributed by atoms with Gasteiger partial charge in [-0.2, -0.15) is 0 Å². The van der Waals surface area contributed by atoms with Crippen LogP contribution in [0.1, 0.15) is 27.2 Å². The lowest BCUT2D eigenvalue weighted by molar-refractivity contribution is 0.0244. The minimum Gasteiger partial charge on any atom is -0.444 e. The van der Waals surface area contributed by atoms with Crippen molar-refractivity contribution < 1.29 is 23.0 Å². The van der Waals surface area contributed by atoms with Crippen molar-refractivity contribution in [3.8, 4) is 0 Å². The van der Waals surface area contributed by atoms with Gasteiger partial charge in [-0.25, -0.2) is 9.00 Å². The lowest BCUT2D eigenvalue weighted by Crippen LogP contribution is -2.36. The molecule has 0 aliphatic carbocycles. The van der Waals surface area contributed by atoms with E-state index in [2.05, 4.69) is 0 Å². The number of carbonyl (C=O) groups excluding carboxylic acids is 1. The number of likely N-dealkylation sites (tertiary alicyclic amines) is 1. The average molecular weight is 265 g/mol. The van der Waals surface area contributed by atoms with Crippen LogP contribution in [0, 0.1) is 0 Å². The predicted molar refractivity (Wildman–Crippen MR) is 62.9 cm³/mol. The van der Waals surface area contributed by atoms with Gasteiger partial charge in [0.2, 0.25) is 0 Å². The van der Waals surface area contributed by atoms with Crippen LogP contribution < -0.4 is 0 Å². The van der Waals surface area contributed by atoms with E-state index in [1.165, 1.54) is 0 Å². The van der Waals surface area contributed by atoms with Crippen LogP contribution in [0.2, 0.25) is 0 Å². The molecule has 0 aromatic carbocycles. The van der Waals surface area contributed by atoms with Crippen LogP contribution in [0.5, 0.6) is 0 Å². The summed E-state index contributed by atoms with van der Waals surface area (Å²) in [5.74, 6) is -0.215. The SMILES string of the molecule is CC(C)(C)OC(=O)N1CCC(OCS(=O)O)C1. The maximum Gasteiger partial charge on any atom is 0.410 e. The molecule has 1 rings (SSSR count). The predicted octanol–water partition coefficient (Wildman–Crippen LogP) is 1.19. The number of hydrogen-bond donors (Lipinski definition) is 1. The van der Waals surface area contributed by atoms with Gasteiger partial charge in [-0.3, -0.25) is 0 Å². The monoisotopic (exact) mass is 265 g/mol. The van der Waals surface area contributed by atoms with Crippen LogP contribution in [0.25, 0.3) is 0 Å². The lowest BCUT2D eigenvalue weighted by Gasteiger charge is -2.24. The van der Waals surface area contributed by atoms with E-state index in [9.17, 15) is 9.00 Å². The molecular formula is C10H19NO5S. The molecule has 1 N–H and O–H groups in total. The van der Waals surface area contributed by atoms with Crippen LogP contribution in [0.4, 0.5) is 4.79 Å². The number of rotatable bonds is 3. The number of ether oxygens (including phenoxy) is 2. The van der Waals surface area contributed by atoms with Crippen molar-refractivity contribution in [2.75, 3.05) is 19.0 Å². The highest BCUT2D eigenvalue weighted by molar-refractivity contribution is 7.79. The summed E-state index contributed by atoms with van der Waals surface area (Å²) in [5.41, 5.74) is -0.511. The highest BCUT2D eigenvalue weighted by Crippen LogP contribution is 2.17. The smallest absolute Gasteiger partial charge is 0.410 e.